The van der Waals surface area contributed by atoms with Gasteiger partial charge in [-0.25, -0.2) is 4.39 Å². The van der Waals surface area contributed by atoms with Crippen molar-refractivity contribution in [1.82, 2.24) is 4.90 Å². The van der Waals surface area contributed by atoms with E-state index in [1.807, 2.05) is 35.2 Å². The van der Waals surface area contributed by atoms with E-state index in [1.165, 1.54) is 18.2 Å². The molecule has 0 aliphatic carbocycles. The summed E-state index contributed by atoms with van der Waals surface area (Å²) in [4.78, 5) is 27.6. The number of non-ortho nitro benzene ring substituents is 1. The zero-order chi connectivity index (χ0) is 22.5. The minimum Gasteiger partial charge on any atom is -0.366 e. The number of anilines is 1. The summed E-state index contributed by atoms with van der Waals surface area (Å²) < 4.78 is 14.1. The fraction of sp³-hybridized carbons (Fsp3) is 0.160. The molecule has 0 bridgehead atoms. The second-order valence-electron chi connectivity index (χ2n) is 7.50. The minimum absolute atomic E-state index is 0.000922. The minimum atomic E-state index is -0.453. The summed E-state index contributed by atoms with van der Waals surface area (Å²) in [5.41, 5.74) is 2.53. The van der Waals surface area contributed by atoms with Crippen molar-refractivity contribution in [3.8, 4) is 0 Å². The summed E-state index contributed by atoms with van der Waals surface area (Å²) in [5.74, 6) is -0.391. The van der Waals surface area contributed by atoms with Crippen LogP contribution in [0.1, 0.15) is 11.1 Å². The van der Waals surface area contributed by atoms with Crippen LogP contribution in [0.4, 0.5) is 15.8 Å². The predicted octanol–water partition coefficient (Wildman–Crippen LogP) is 4.62. The first-order valence-corrected chi connectivity index (χ1v) is 10.3. The van der Waals surface area contributed by atoms with Gasteiger partial charge >= 0.3 is 0 Å². The number of nitrogens with zero attached hydrogens (tertiary/aromatic N) is 3. The van der Waals surface area contributed by atoms with Crippen molar-refractivity contribution in [2.75, 3.05) is 31.1 Å². The van der Waals surface area contributed by atoms with Crippen LogP contribution in [0.2, 0.25) is 0 Å². The maximum Gasteiger partial charge on any atom is 0.269 e. The molecule has 0 spiro atoms. The molecule has 3 aromatic carbocycles. The third-order valence-corrected chi connectivity index (χ3v) is 5.49. The molecule has 3 aromatic rings. The van der Waals surface area contributed by atoms with Crippen LogP contribution >= 0.6 is 0 Å². The second-order valence-corrected chi connectivity index (χ2v) is 7.50. The molecule has 7 heteroatoms. The molecule has 4 rings (SSSR count). The quantitative estimate of drug-likeness (QED) is 0.256. The highest BCUT2D eigenvalue weighted by Gasteiger charge is 2.25. The van der Waals surface area contributed by atoms with Crippen LogP contribution in [-0.4, -0.2) is 41.9 Å². The average Bonchev–Trinajstić information content (AvgIpc) is 2.83. The molecule has 32 heavy (non-hydrogen) atoms. The van der Waals surface area contributed by atoms with Gasteiger partial charge in [-0.05, 0) is 41.5 Å². The van der Waals surface area contributed by atoms with E-state index in [9.17, 15) is 19.3 Å². The first-order chi connectivity index (χ1) is 15.5. The molecule has 1 aliphatic heterocycles. The Kier molecular flexibility index (Phi) is 6.26. The van der Waals surface area contributed by atoms with E-state index in [-0.39, 0.29) is 17.4 Å². The number of amides is 1. The smallest absolute Gasteiger partial charge is 0.269 e. The van der Waals surface area contributed by atoms with E-state index in [4.69, 9.17) is 0 Å². The van der Waals surface area contributed by atoms with Crippen molar-refractivity contribution in [2.24, 2.45) is 0 Å². The van der Waals surface area contributed by atoms with Gasteiger partial charge in [-0.3, -0.25) is 14.9 Å². The lowest BCUT2D eigenvalue weighted by Gasteiger charge is -2.36. The number of benzene rings is 3. The Morgan fingerprint density at radius 1 is 0.875 bits per heavy atom. The molecule has 0 atom stereocenters. The van der Waals surface area contributed by atoms with Gasteiger partial charge in [0.2, 0.25) is 0 Å². The van der Waals surface area contributed by atoms with Gasteiger partial charge in [-0.15, -0.1) is 0 Å². The van der Waals surface area contributed by atoms with Crippen molar-refractivity contribution in [1.29, 1.82) is 0 Å². The van der Waals surface area contributed by atoms with E-state index in [2.05, 4.69) is 0 Å². The number of hydrogen-bond donors (Lipinski definition) is 0. The number of halogens is 1. The molecule has 1 saturated heterocycles. The Morgan fingerprint density at radius 2 is 1.50 bits per heavy atom. The highest BCUT2D eigenvalue weighted by atomic mass is 19.1. The van der Waals surface area contributed by atoms with E-state index in [1.54, 1.807) is 41.3 Å². The lowest BCUT2D eigenvalue weighted by molar-refractivity contribution is -0.384. The SMILES string of the molecule is O=C(/C(=C/c1ccc([N+](=O)[O-])cc1)c1ccccc1)N1CCN(c2ccccc2F)CC1. The van der Waals surface area contributed by atoms with Crippen molar-refractivity contribution in [3.63, 3.8) is 0 Å². The highest BCUT2D eigenvalue weighted by molar-refractivity contribution is 6.24. The van der Waals surface area contributed by atoms with Crippen molar-refractivity contribution in [2.45, 2.75) is 0 Å². The van der Waals surface area contributed by atoms with Gasteiger partial charge in [0, 0.05) is 43.9 Å². The van der Waals surface area contributed by atoms with E-state index in [0.29, 0.717) is 43.0 Å². The number of nitro groups is 1. The zero-order valence-electron chi connectivity index (χ0n) is 17.4. The fourth-order valence-corrected chi connectivity index (χ4v) is 3.77. The van der Waals surface area contributed by atoms with Crippen LogP contribution < -0.4 is 4.90 Å². The summed E-state index contributed by atoms with van der Waals surface area (Å²) >= 11 is 0. The van der Waals surface area contributed by atoms with Gasteiger partial charge in [0.05, 0.1) is 10.6 Å². The Balaban J connectivity index is 1.56. The Hall–Kier alpha value is -4.00. The summed E-state index contributed by atoms with van der Waals surface area (Å²) in [7, 11) is 0. The molecule has 1 amide bonds. The van der Waals surface area contributed by atoms with Crippen molar-refractivity contribution in [3.05, 3.63) is 106 Å². The molecule has 162 valence electrons. The third-order valence-electron chi connectivity index (χ3n) is 5.49. The number of carbonyl (C=O) groups is 1. The van der Waals surface area contributed by atoms with Crippen LogP contribution in [0.15, 0.2) is 78.9 Å². The predicted molar refractivity (Wildman–Crippen MR) is 123 cm³/mol. The first-order valence-electron chi connectivity index (χ1n) is 10.3. The van der Waals surface area contributed by atoms with Crippen molar-refractivity contribution < 1.29 is 14.1 Å². The maximum absolute atomic E-state index is 14.1. The fourth-order valence-electron chi connectivity index (χ4n) is 3.77. The molecule has 0 saturated carbocycles. The molecular formula is C25H22FN3O3. The molecule has 0 aromatic heterocycles. The maximum atomic E-state index is 14.1. The van der Waals surface area contributed by atoms with Crippen LogP contribution in [0.5, 0.6) is 0 Å². The summed E-state index contributed by atoms with van der Waals surface area (Å²) in [6.45, 7) is 2.01. The number of piperazine rings is 1. The number of para-hydroxylation sites is 1. The van der Waals surface area contributed by atoms with Gasteiger partial charge in [0.1, 0.15) is 5.82 Å². The molecule has 1 heterocycles. The number of rotatable bonds is 5. The molecule has 1 aliphatic rings. The van der Waals surface area contributed by atoms with Gasteiger partial charge in [-0.2, -0.15) is 0 Å². The normalized spacial score (nSPS) is 14.3. The van der Waals surface area contributed by atoms with Crippen LogP contribution in [0, 0.1) is 15.9 Å². The molecule has 0 radical (unpaired) electrons. The Morgan fingerprint density at radius 3 is 2.12 bits per heavy atom. The topological polar surface area (TPSA) is 66.7 Å². The second kappa shape index (κ2) is 9.43. The summed E-state index contributed by atoms with van der Waals surface area (Å²) in [6, 6.07) is 22.1. The number of hydrogen-bond acceptors (Lipinski definition) is 4. The third kappa shape index (κ3) is 4.67. The van der Waals surface area contributed by atoms with E-state index < -0.39 is 4.92 Å². The van der Waals surface area contributed by atoms with Gasteiger partial charge in [0.25, 0.3) is 11.6 Å². The Bertz CT molecular complexity index is 1140. The van der Waals surface area contributed by atoms with E-state index in [0.717, 1.165) is 5.56 Å². The van der Waals surface area contributed by atoms with Crippen LogP contribution in [0.25, 0.3) is 11.6 Å². The van der Waals surface area contributed by atoms with Gasteiger partial charge < -0.3 is 9.80 Å². The molecule has 6 nitrogen and oxygen atoms in total. The van der Waals surface area contributed by atoms with Crippen LogP contribution in [-0.2, 0) is 4.79 Å². The largest absolute Gasteiger partial charge is 0.366 e. The summed E-state index contributed by atoms with van der Waals surface area (Å²) in [6.07, 6.45) is 1.75. The van der Waals surface area contributed by atoms with Crippen LogP contribution in [0.3, 0.4) is 0 Å². The average molecular weight is 431 g/mol. The summed E-state index contributed by atoms with van der Waals surface area (Å²) in [5, 5.41) is 10.9. The standard InChI is InChI=1S/C25H22FN3O3/c26-23-8-4-5-9-24(23)27-14-16-28(17-15-27)25(30)22(20-6-2-1-3-7-20)18-19-10-12-21(13-11-19)29(31)32/h1-13,18H,14-17H2/b22-18+. The van der Waals surface area contributed by atoms with Gasteiger partial charge in [-0.1, -0.05) is 42.5 Å². The van der Waals surface area contributed by atoms with E-state index >= 15 is 0 Å². The Labute approximate surface area is 185 Å². The number of nitro benzene ring substituents is 1. The lowest BCUT2D eigenvalue weighted by Crippen LogP contribution is -2.49. The number of carbonyl (C=O) groups excluding carboxylic acids is 1. The molecule has 1 fully saturated rings. The zero-order valence-corrected chi connectivity index (χ0v) is 17.4. The van der Waals surface area contributed by atoms with Crippen molar-refractivity contribution >= 4 is 28.9 Å². The van der Waals surface area contributed by atoms with Gasteiger partial charge in [0.15, 0.2) is 0 Å². The molecule has 0 unspecified atom stereocenters. The molecule has 0 N–H and O–H groups in total. The highest BCUT2D eigenvalue weighted by Crippen LogP contribution is 2.25. The molecular weight excluding hydrogens is 409 g/mol. The lowest BCUT2D eigenvalue weighted by atomic mass is 10.0. The first kappa shape index (κ1) is 21.2. The monoisotopic (exact) mass is 431 g/mol.